The van der Waals surface area contributed by atoms with Crippen LogP contribution in [-0.4, -0.2) is 23.1 Å². The number of ether oxygens (including phenoxy) is 1. The van der Waals surface area contributed by atoms with Crippen molar-refractivity contribution in [3.8, 4) is 0 Å². The molecule has 0 aliphatic carbocycles. The fourth-order valence-corrected chi connectivity index (χ4v) is 3.71. The van der Waals surface area contributed by atoms with Crippen LogP contribution in [0, 0.1) is 17.5 Å². The van der Waals surface area contributed by atoms with Crippen LogP contribution >= 0.6 is 11.3 Å². The molecular formula is C19H15F3N2O3S. The lowest BCUT2D eigenvalue weighted by molar-refractivity contribution is -0.143. The third-order valence-electron chi connectivity index (χ3n) is 3.86. The molecule has 0 radical (unpaired) electrons. The van der Waals surface area contributed by atoms with Crippen LogP contribution in [0.2, 0.25) is 0 Å². The Balaban J connectivity index is 2.08. The molecule has 5 nitrogen and oxygen atoms in total. The number of aromatic nitrogens is 1. The summed E-state index contributed by atoms with van der Waals surface area (Å²) in [6.45, 7) is 2.01. The highest BCUT2D eigenvalue weighted by Crippen LogP contribution is 2.20. The van der Waals surface area contributed by atoms with E-state index in [0.717, 1.165) is 29.5 Å². The summed E-state index contributed by atoms with van der Waals surface area (Å²) in [6.07, 6.45) is -0.00745. The lowest BCUT2D eigenvalue weighted by Crippen LogP contribution is -2.20. The number of benzene rings is 2. The molecule has 0 bridgehead atoms. The maximum atomic E-state index is 13.9. The molecule has 9 heteroatoms. The third-order valence-corrected chi connectivity index (χ3v) is 4.90. The van der Waals surface area contributed by atoms with Crippen molar-refractivity contribution in [2.45, 2.75) is 19.9 Å². The first kappa shape index (κ1) is 19.8. The second-order valence-electron chi connectivity index (χ2n) is 5.72. The Labute approximate surface area is 161 Å². The fourth-order valence-electron chi connectivity index (χ4n) is 2.63. The van der Waals surface area contributed by atoms with Gasteiger partial charge in [0.25, 0.3) is 5.91 Å². The van der Waals surface area contributed by atoms with Gasteiger partial charge in [-0.3, -0.25) is 9.59 Å². The maximum Gasteiger partial charge on any atom is 0.307 e. The topological polar surface area (TPSA) is 60.7 Å². The van der Waals surface area contributed by atoms with Gasteiger partial charge in [-0.2, -0.15) is 4.99 Å². The molecule has 28 heavy (non-hydrogen) atoms. The summed E-state index contributed by atoms with van der Waals surface area (Å²) in [5, 5.41) is 0. The first-order valence-electron chi connectivity index (χ1n) is 8.38. The van der Waals surface area contributed by atoms with E-state index in [1.54, 1.807) is 6.92 Å². The highest BCUT2D eigenvalue weighted by atomic mass is 32.1. The third kappa shape index (κ3) is 4.14. The lowest BCUT2D eigenvalue weighted by Gasteiger charge is -2.05. The van der Waals surface area contributed by atoms with E-state index in [-0.39, 0.29) is 24.4 Å². The normalized spacial score (nSPS) is 11.8. The Bertz CT molecular complexity index is 1100. The minimum absolute atomic E-state index is 0.00745. The number of amides is 1. The largest absolute Gasteiger partial charge is 0.466 e. The molecule has 0 saturated heterocycles. The fraction of sp³-hybridized carbons (Fsp3) is 0.211. The quantitative estimate of drug-likeness (QED) is 0.603. The number of rotatable bonds is 5. The number of halogens is 3. The second kappa shape index (κ2) is 8.39. The predicted octanol–water partition coefficient (Wildman–Crippen LogP) is 3.81. The number of nitrogens with zero attached hydrogens (tertiary/aromatic N) is 2. The molecule has 1 amide bonds. The van der Waals surface area contributed by atoms with Crippen LogP contribution in [-0.2, 0) is 16.1 Å². The average Bonchev–Trinajstić information content (AvgIpc) is 2.96. The number of carbonyl (C=O) groups excluding carboxylic acids is 2. The number of hydrogen-bond acceptors (Lipinski definition) is 4. The molecule has 2 aromatic carbocycles. The summed E-state index contributed by atoms with van der Waals surface area (Å²) in [4.78, 5) is 28.0. The van der Waals surface area contributed by atoms with Crippen LogP contribution in [0.5, 0.6) is 0 Å². The highest BCUT2D eigenvalue weighted by molar-refractivity contribution is 7.16. The Morgan fingerprint density at radius 2 is 1.86 bits per heavy atom. The van der Waals surface area contributed by atoms with Crippen molar-refractivity contribution in [1.29, 1.82) is 0 Å². The molecule has 0 fully saturated rings. The van der Waals surface area contributed by atoms with E-state index >= 15 is 0 Å². The molecule has 1 heterocycles. The minimum atomic E-state index is -1.10. The van der Waals surface area contributed by atoms with E-state index in [0.29, 0.717) is 10.2 Å². The maximum absolute atomic E-state index is 13.9. The molecule has 3 rings (SSSR count). The monoisotopic (exact) mass is 408 g/mol. The van der Waals surface area contributed by atoms with Gasteiger partial charge in [0, 0.05) is 6.54 Å². The molecule has 0 aliphatic rings. The van der Waals surface area contributed by atoms with Gasteiger partial charge in [-0.05, 0) is 37.3 Å². The Hall–Kier alpha value is -2.94. The molecule has 0 atom stereocenters. The Morgan fingerprint density at radius 3 is 2.54 bits per heavy atom. The minimum Gasteiger partial charge on any atom is -0.466 e. The molecule has 3 aromatic rings. The number of hydrogen-bond donors (Lipinski definition) is 0. The van der Waals surface area contributed by atoms with E-state index in [1.807, 2.05) is 0 Å². The zero-order chi connectivity index (χ0) is 20.3. The van der Waals surface area contributed by atoms with E-state index in [9.17, 15) is 22.8 Å². The number of carbonyl (C=O) groups is 2. The van der Waals surface area contributed by atoms with E-state index < -0.39 is 34.9 Å². The summed E-state index contributed by atoms with van der Waals surface area (Å²) < 4.78 is 48.2. The van der Waals surface area contributed by atoms with Gasteiger partial charge >= 0.3 is 5.97 Å². The van der Waals surface area contributed by atoms with Crippen molar-refractivity contribution < 1.29 is 27.5 Å². The van der Waals surface area contributed by atoms with E-state index in [2.05, 4.69) is 4.99 Å². The first-order chi connectivity index (χ1) is 13.4. The van der Waals surface area contributed by atoms with Crippen molar-refractivity contribution in [1.82, 2.24) is 4.57 Å². The molecule has 1 aromatic heterocycles. The van der Waals surface area contributed by atoms with Gasteiger partial charge in [0.2, 0.25) is 0 Å². The Kier molecular flexibility index (Phi) is 5.93. The number of aryl methyl sites for hydroxylation is 1. The second-order valence-corrected chi connectivity index (χ2v) is 6.73. The molecule has 0 unspecified atom stereocenters. The highest BCUT2D eigenvalue weighted by Gasteiger charge is 2.18. The van der Waals surface area contributed by atoms with Gasteiger partial charge in [-0.25, -0.2) is 13.2 Å². The zero-order valence-electron chi connectivity index (χ0n) is 14.7. The summed E-state index contributed by atoms with van der Waals surface area (Å²) >= 11 is 0.976. The van der Waals surface area contributed by atoms with E-state index in [1.165, 1.54) is 22.8 Å². The molecule has 0 N–H and O–H groups in total. The summed E-state index contributed by atoms with van der Waals surface area (Å²) in [6, 6.07) is 7.04. The van der Waals surface area contributed by atoms with Gasteiger partial charge in [0.1, 0.15) is 23.0 Å². The summed E-state index contributed by atoms with van der Waals surface area (Å²) in [5.41, 5.74) is -0.237. The van der Waals surface area contributed by atoms with Crippen LogP contribution in [0.25, 0.3) is 10.2 Å². The van der Waals surface area contributed by atoms with Crippen molar-refractivity contribution in [2.24, 2.45) is 4.99 Å². The van der Waals surface area contributed by atoms with Crippen LogP contribution in [0.15, 0.2) is 41.4 Å². The molecule has 146 valence electrons. The number of thiazole rings is 1. The molecule has 0 spiro atoms. The van der Waals surface area contributed by atoms with Gasteiger partial charge in [-0.15, -0.1) is 0 Å². The first-order valence-corrected chi connectivity index (χ1v) is 9.20. The van der Waals surface area contributed by atoms with Crippen LogP contribution in [0.1, 0.15) is 23.7 Å². The van der Waals surface area contributed by atoms with Gasteiger partial charge in [0.15, 0.2) is 4.80 Å². The SMILES string of the molecule is CCOC(=O)CCn1c(=NC(=O)c2c(F)cccc2F)sc2cc(F)ccc21. The van der Waals surface area contributed by atoms with Gasteiger partial charge in [-0.1, -0.05) is 17.4 Å². The zero-order valence-corrected chi connectivity index (χ0v) is 15.6. The van der Waals surface area contributed by atoms with Crippen molar-refractivity contribution in [2.75, 3.05) is 6.61 Å². The molecule has 0 saturated carbocycles. The van der Waals surface area contributed by atoms with Crippen molar-refractivity contribution in [3.05, 3.63) is 64.2 Å². The number of esters is 1. The number of fused-ring (bicyclic) bond motifs is 1. The summed E-state index contributed by atoms with van der Waals surface area (Å²) in [5.74, 6) is -4.09. The van der Waals surface area contributed by atoms with Crippen LogP contribution in [0.3, 0.4) is 0 Å². The predicted molar refractivity (Wildman–Crippen MR) is 97.3 cm³/mol. The standard InChI is InChI=1S/C19H15F3N2O3S/c1-2-27-16(25)8-9-24-14-7-6-11(20)10-15(14)28-19(24)23-18(26)17-12(21)4-3-5-13(17)22/h3-7,10H,2,8-9H2,1H3. The van der Waals surface area contributed by atoms with Gasteiger partial charge in [0.05, 0.1) is 23.2 Å². The lowest BCUT2D eigenvalue weighted by atomic mass is 10.2. The smallest absolute Gasteiger partial charge is 0.307 e. The molecule has 0 aliphatic heterocycles. The Morgan fingerprint density at radius 1 is 1.14 bits per heavy atom. The van der Waals surface area contributed by atoms with Crippen molar-refractivity contribution >= 4 is 33.4 Å². The van der Waals surface area contributed by atoms with E-state index in [4.69, 9.17) is 4.74 Å². The van der Waals surface area contributed by atoms with Crippen LogP contribution in [0.4, 0.5) is 13.2 Å². The molecular weight excluding hydrogens is 393 g/mol. The van der Waals surface area contributed by atoms with Crippen molar-refractivity contribution in [3.63, 3.8) is 0 Å². The van der Waals surface area contributed by atoms with Crippen LogP contribution < -0.4 is 4.80 Å². The summed E-state index contributed by atoms with van der Waals surface area (Å²) in [7, 11) is 0. The van der Waals surface area contributed by atoms with Gasteiger partial charge < -0.3 is 9.30 Å². The average molecular weight is 408 g/mol.